The van der Waals surface area contributed by atoms with Gasteiger partial charge in [0.2, 0.25) is 5.91 Å². The van der Waals surface area contributed by atoms with Crippen molar-refractivity contribution in [2.75, 3.05) is 44.8 Å². The fourth-order valence-electron chi connectivity index (χ4n) is 3.60. The third kappa shape index (κ3) is 3.30. The molecule has 0 bridgehead atoms. The van der Waals surface area contributed by atoms with Crippen LogP contribution in [0.1, 0.15) is 24.8 Å². The highest BCUT2D eigenvalue weighted by molar-refractivity contribution is 5.76. The first-order valence-corrected chi connectivity index (χ1v) is 8.04. The van der Waals surface area contributed by atoms with E-state index in [9.17, 15) is 4.79 Å². The van der Waals surface area contributed by atoms with Crippen LogP contribution in [0.5, 0.6) is 0 Å². The number of pyridine rings is 1. The summed E-state index contributed by atoms with van der Waals surface area (Å²) in [5.74, 6) is 1.11. The molecule has 2 fully saturated rings. The molecule has 0 N–H and O–H groups in total. The zero-order valence-electron chi connectivity index (χ0n) is 13.5. The van der Waals surface area contributed by atoms with Crippen molar-refractivity contribution in [3.05, 3.63) is 23.9 Å². The standard InChI is InChI=1S/C17H22N4O2/c1-23-9-4-16(22)21-8-6-17(13-21)5-7-20(12-17)15-3-2-14(10-18)11-19-15/h2-3,11H,4-9,12-13H2,1H3. The van der Waals surface area contributed by atoms with E-state index < -0.39 is 0 Å². The molecule has 2 aliphatic rings. The fraction of sp³-hybridized carbons (Fsp3) is 0.588. The van der Waals surface area contributed by atoms with Crippen molar-refractivity contribution in [3.63, 3.8) is 0 Å². The summed E-state index contributed by atoms with van der Waals surface area (Å²) in [7, 11) is 1.62. The van der Waals surface area contributed by atoms with Crippen molar-refractivity contribution in [2.45, 2.75) is 19.3 Å². The normalized spacial score (nSPS) is 23.5. The monoisotopic (exact) mass is 314 g/mol. The Balaban J connectivity index is 1.61. The molecule has 1 aromatic rings. The van der Waals surface area contributed by atoms with Gasteiger partial charge < -0.3 is 14.5 Å². The van der Waals surface area contributed by atoms with Crippen LogP contribution in [0.3, 0.4) is 0 Å². The number of ether oxygens (including phenoxy) is 1. The number of methoxy groups -OCH3 is 1. The molecule has 2 saturated heterocycles. The Hall–Kier alpha value is -2.13. The van der Waals surface area contributed by atoms with Crippen LogP contribution < -0.4 is 4.90 Å². The van der Waals surface area contributed by atoms with Crippen LogP contribution >= 0.6 is 0 Å². The Labute approximate surface area is 136 Å². The Kier molecular flexibility index (Phi) is 4.49. The van der Waals surface area contributed by atoms with Crippen LogP contribution in [-0.4, -0.2) is 55.7 Å². The van der Waals surface area contributed by atoms with Crippen molar-refractivity contribution in [1.29, 1.82) is 5.26 Å². The summed E-state index contributed by atoms with van der Waals surface area (Å²) < 4.78 is 5.00. The minimum Gasteiger partial charge on any atom is -0.384 e. The number of carbonyl (C=O) groups excluding carboxylic acids is 1. The van der Waals surface area contributed by atoms with Crippen LogP contribution in [0.15, 0.2) is 18.3 Å². The average molecular weight is 314 g/mol. The van der Waals surface area contributed by atoms with E-state index in [1.807, 2.05) is 17.0 Å². The molecule has 3 heterocycles. The molecular weight excluding hydrogens is 292 g/mol. The van der Waals surface area contributed by atoms with E-state index in [1.54, 1.807) is 13.3 Å². The molecule has 1 spiro atoms. The third-order valence-electron chi connectivity index (χ3n) is 4.95. The van der Waals surface area contributed by atoms with E-state index in [-0.39, 0.29) is 11.3 Å². The quantitative estimate of drug-likeness (QED) is 0.840. The van der Waals surface area contributed by atoms with Gasteiger partial charge in [-0.15, -0.1) is 0 Å². The van der Waals surface area contributed by atoms with Crippen LogP contribution in [0, 0.1) is 16.7 Å². The molecule has 0 saturated carbocycles. The molecule has 2 aliphatic heterocycles. The number of amides is 1. The average Bonchev–Trinajstić information content (AvgIpc) is 3.20. The van der Waals surface area contributed by atoms with Gasteiger partial charge in [-0.3, -0.25) is 4.79 Å². The second-order valence-electron chi connectivity index (χ2n) is 6.50. The first-order valence-electron chi connectivity index (χ1n) is 8.04. The summed E-state index contributed by atoms with van der Waals surface area (Å²) >= 11 is 0. The van der Waals surface area contributed by atoms with Crippen LogP contribution in [0.25, 0.3) is 0 Å². The largest absolute Gasteiger partial charge is 0.384 e. The van der Waals surface area contributed by atoms with Crippen LogP contribution in [0.2, 0.25) is 0 Å². The molecule has 6 nitrogen and oxygen atoms in total. The number of likely N-dealkylation sites (tertiary alicyclic amines) is 1. The highest BCUT2D eigenvalue weighted by atomic mass is 16.5. The van der Waals surface area contributed by atoms with Gasteiger partial charge in [0.1, 0.15) is 11.9 Å². The maximum atomic E-state index is 12.2. The number of carbonyl (C=O) groups is 1. The number of hydrogen-bond acceptors (Lipinski definition) is 5. The number of hydrogen-bond donors (Lipinski definition) is 0. The topological polar surface area (TPSA) is 69.5 Å². The van der Waals surface area contributed by atoms with E-state index in [1.165, 1.54) is 0 Å². The zero-order valence-corrected chi connectivity index (χ0v) is 13.5. The summed E-state index contributed by atoms with van der Waals surface area (Å²) in [5, 5.41) is 8.85. The van der Waals surface area contributed by atoms with Gasteiger partial charge >= 0.3 is 0 Å². The first-order chi connectivity index (χ1) is 11.2. The molecule has 3 rings (SSSR count). The molecule has 1 aromatic heterocycles. The number of nitriles is 1. The van der Waals surface area contributed by atoms with Crippen molar-refractivity contribution in [2.24, 2.45) is 5.41 Å². The molecule has 122 valence electrons. The van der Waals surface area contributed by atoms with E-state index in [0.29, 0.717) is 18.6 Å². The maximum absolute atomic E-state index is 12.2. The molecule has 1 unspecified atom stereocenters. The van der Waals surface area contributed by atoms with Crippen LogP contribution in [0.4, 0.5) is 5.82 Å². The molecule has 6 heteroatoms. The maximum Gasteiger partial charge on any atom is 0.224 e. The Morgan fingerprint density at radius 3 is 2.91 bits per heavy atom. The summed E-state index contributed by atoms with van der Waals surface area (Å²) in [5.41, 5.74) is 0.775. The number of anilines is 1. The molecule has 0 aromatic carbocycles. The van der Waals surface area contributed by atoms with Crippen molar-refractivity contribution < 1.29 is 9.53 Å². The number of rotatable bonds is 4. The minimum absolute atomic E-state index is 0.193. The molecule has 23 heavy (non-hydrogen) atoms. The van der Waals surface area contributed by atoms with E-state index in [2.05, 4.69) is 16.0 Å². The second kappa shape index (κ2) is 6.55. The van der Waals surface area contributed by atoms with Crippen molar-refractivity contribution in [1.82, 2.24) is 9.88 Å². The lowest BCUT2D eigenvalue weighted by atomic mass is 9.86. The van der Waals surface area contributed by atoms with Crippen molar-refractivity contribution >= 4 is 11.7 Å². The smallest absolute Gasteiger partial charge is 0.224 e. The molecular formula is C17H22N4O2. The van der Waals surface area contributed by atoms with Gasteiger partial charge in [-0.2, -0.15) is 5.26 Å². The number of nitrogens with zero attached hydrogens (tertiary/aromatic N) is 4. The lowest BCUT2D eigenvalue weighted by Crippen LogP contribution is -2.34. The van der Waals surface area contributed by atoms with Gasteiger partial charge in [-0.05, 0) is 25.0 Å². The van der Waals surface area contributed by atoms with E-state index in [0.717, 1.165) is 44.8 Å². The summed E-state index contributed by atoms with van der Waals surface area (Å²) in [6.45, 7) is 4.06. The zero-order chi connectivity index (χ0) is 16.3. The lowest BCUT2D eigenvalue weighted by molar-refractivity contribution is -0.131. The van der Waals surface area contributed by atoms with Gasteiger partial charge in [-0.25, -0.2) is 4.98 Å². The first kappa shape index (κ1) is 15.8. The van der Waals surface area contributed by atoms with Gasteiger partial charge in [0.05, 0.1) is 18.6 Å². The summed E-state index contributed by atoms with van der Waals surface area (Å²) in [6, 6.07) is 5.81. The van der Waals surface area contributed by atoms with Gasteiger partial charge in [0, 0.05) is 44.9 Å². The highest BCUT2D eigenvalue weighted by Crippen LogP contribution is 2.40. The van der Waals surface area contributed by atoms with E-state index in [4.69, 9.17) is 10.00 Å². The molecule has 0 radical (unpaired) electrons. The molecule has 1 amide bonds. The lowest BCUT2D eigenvalue weighted by Gasteiger charge is -2.25. The molecule has 0 aliphatic carbocycles. The predicted octanol–water partition coefficient (Wildman–Crippen LogP) is 1.42. The number of aromatic nitrogens is 1. The van der Waals surface area contributed by atoms with Gasteiger partial charge in [0.25, 0.3) is 0 Å². The highest BCUT2D eigenvalue weighted by Gasteiger charge is 2.44. The van der Waals surface area contributed by atoms with Gasteiger partial charge in [-0.1, -0.05) is 0 Å². The Morgan fingerprint density at radius 1 is 1.39 bits per heavy atom. The van der Waals surface area contributed by atoms with Gasteiger partial charge in [0.15, 0.2) is 0 Å². The second-order valence-corrected chi connectivity index (χ2v) is 6.50. The fourth-order valence-corrected chi connectivity index (χ4v) is 3.60. The predicted molar refractivity (Wildman–Crippen MR) is 85.9 cm³/mol. The minimum atomic E-state index is 0.193. The Bertz CT molecular complexity index is 610. The summed E-state index contributed by atoms with van der Waals surface area (Å²) in [6.07, 6.45) is 4.23. The summed E-state index contributed by atoms with van der Waals surface area (Å²) in [4.78, 5) is 20.8. The van der Waals surface area contributed by atoms with E-state index >= 15 is 0 Å². The molecule has 1 atom stereocenters. The Morgan fingerprint density at radius 2 is 2.22 bits per heavy atom. The SMILES string of the molecule is COCCC(=O)N1CCC2(CCN(c3ccc(C#N)cn3)C2)C1. The van der Waals surface area contributed by atoms with Crippen molar-refractivity contribution in [3.8, 4) is 6.07 Å². The third-order valence-corrected chi connectivity index (χ3v) is 4.95. The van der Waals surface area contributed by atoms with Crippen LogP contribution in [-0.2, 0) is 9.53 Å².